The molecule has 0 aliphatic heterocycles. The molecular formula is C13H17BrN2O2. The summed E-state index contributed by atoms with van der Waals surface area (Å²) in [5, 5.41) is 3.42. The van der Waals surface area contributed by atoms with Crippen LogP contribution in [0.4, 0.5) is 5.69 Å². The summed E-state index contributed by atoms with van der Waals surface area (Å²) in [6.45, 7) is 1.90. The number of amides is 2. The summed E-state index contributed by atoms with van der Waals surface area (Å²) in [6, 6.07) is 5.31. The van der Waals surface area contributed by atoms with Crippen LogP contribution in [0.5, 0.6) is 0 Å². The first-order chi connectivity index (χ1) is 8.45. The van der Waals surface area contributed by atoms with Crippen molar-refractivity contribution in [2.75, 3.05) is 24.7 Å². The third kappa shape index (κ3) is 3.84. The highest BCUT2D eigenvalue weighted by molar-refractivity contribution is 9.09. The number of nitrogens with one attached hydrogen (secondary N) is 1. The Bertz CT molecular complexity index is 458. The predicted octanol–water partition coefficient (Wildman–Crippen LogP) is 2.42. The lowest BCUT2D eigenvalue weighted by molar-refractivity contribution is -0.115. The zero-order valence-electron chi connectivity index (χ0n) is 10.8. The van der Waals surface area contributed by atoms with Crippen molar-refractivity contribution in [3.63, 3.8) is 0 Å². The van der Waals surface area contributed by atoms with Gasteiger partial charge in [-0.2, -0.15) is 0 Å². The van der Waals surface area contributed by atoms with Crippen LogP contribution in [0, 0.1) is 6.92 Å². The number of nitrogens with zero attached hydrogens (tertiary/aromatic N) is 1. The third-order valence-corrected chi connectivity index (χ3v) is 2.88. The minimum Gasteiger partial charge on any atom is -0.345 e. The Balaban J connectivity index is 2.94. The molecule has 0 spiro atoms. The van der Waals surface area contributed by atoms with Crippen molar-refractivity contribution in [2.24, 2.45) is 0 Å². The van der Waals surface area contributed by atoms with E-state index in [-0.39, 0.29) is 11.8 Å². The predicted molar refractivity (Wildman–Crippen MR) is 76.2 cm³/mol. The Morgan fingerprint density at radius 3 is 2.56 bits per heavy atom. The van der Waals surface area contributed by atoms with Gasteiger partial charge in [0.25, 0.3) is 5.91 Å². The Labute approximate surface area is 115 Å². The topological polar surface area (TPSA) is 49.4 Å². The van der Waals surface area contributed by atoms with Crippen molar-refractivity contribution in [3.8, 4) is 0 Å². The van der Waals surface area contributed by atoms with Crippen LogP contribution in [0.1, 0.15) is 22.3 Å². The molecule has 0 fully saturated rings. The molecule has 98 valence electrons. The molecule has 2 amide bonds. The van der Waals surface area contributed by atoms with E-state index in [0.717, 1.165) is 5.56 Å². The number of halogens is 1. The quantitative estimate of drug-likeness (QED) is 0.868. The minimum absolute atomic E-state index is 0.0653. The Morgan fingerprint density at radius 2 is 2.00 bits per heavy atom. The molecule has 5 heteroatoms. The second-order valence-corrected chi connectivity index (χ2v) is 5.01. The maximum absolute atomic E-state index is 11.8. The standard InChI is InChI=1S/C13H17BrN2O2/c1-9-4-5-10(13(18)16(2)3)8-11(9)15-12(17)6-7-14/h4-5,8H,6-7H2,1-3H3,(H,15,17). The monoisotopic (exact) mass is 312 g/mol. The summed E-state index contributed by atoms with van der Waals surface area (Å²) in [4.78, 5) is 24.9. The van der Waals surface area contributed by atoms with Gasteiger partial charge in [0.1, 0.15) is 0 Å². The van der Waals surface area contributed by atoms with Gasteiger partial charge in [-0.15, -0.1) is 0 Å². The van der Waals surface area contributed by atoms with Gasteiger partial charge in [0.05, 0.1) is 0 Å². The normalized spacial score (nSPS) is 10.0. The number of carbonyl (C=O) groups excluding carboxylic acids is 2. The van der Waals surface area contributed by atoms with Crippen LogP contribution in [0.3, 0.4) is 0 Å². The lowest BCUT2D eigenvalue weighted by Gasteiger charge is -2.13. The molecule has 0 heterocycles. The molecule has 18 heavy (non-hydrogen) atoms. The Hall–Kier alpha value is -1.36. The van der Waals surface area contributed by atoms with Gasteiger partial charge in [-0.3, -0.25) is 9.59 Å². The molecule has 0 bridgehead atoms. The van der Waals surface area contributed by atoms with Crippen LogP contribution in [0.25, 0.3) is 0 Å². The number of aryl methyl sites for hydroxylation is 1. The van der Waals surface area contributed by atoms with E-state index in [4.69, 9.17) is 0 Å². The fraction of sp³-hybridized carbons (Fsp3) is 0.385. The molecular weight excluding hydrogens is 296 g/mol. The second kappa shape index (κ2) is 6.54. The molecule has 0 aromatic heterocycles. The number of carbonyl (C=O) groups is 2. The maximum atomic E-state index is 11.8. The van der Waals surface area contributed by atoms with E-state index in [1.807, 2.05) is 13.0 Å². The number of anilines is 1. The Morgan fingerprint density at radius 1 is 1.33 bits per heavy atom. The number of hydrogen-bond donors (Lipinski definition) is 1. The first-order valence-corrected chi connectivity index (χ1v) is 6.76. The number of alkyl halides is 1. The second-order valence-electron chi connectivity index (χ2n) is 4.22. The van der Waals surface area contributed by atoms with Crippen LogP contribution in [0.2, 0.25) is 0 Å². The molecule has 1 N–H and O–H groups in total. The van der Waals surface area contributed by atoms with E-state index < -0.39 is 0 Å². The van der Waals surface area contributed by atoms with Gasteiger partial charge in [-0.25, -0.2) is 0 Å². The number of hydrogen-bond acceptors (Lipinski definition) is 2. The highest BCUT2D eigenvalue weighted by atomic mass is 79.9. The van der Waals surface area contributed by atoms with Crippen LogP contribution in [-0.2, 0) is 4.79 Å². The van der Waals surface area contributed by atoms with Crippen molar-refractivity contribution >= 4 is 33.4 Å². The fourth-order valence-corrected chi connectivity index (χ4v) is 1.81. The molecule has 0 aliphatic rings. The largest absolute Gasteiger partial charge is 0.345 e. The van der Waals surface area contributed by atoms with Crippen molar-refractivity contribution in [3.05, 3.63) is 29.3 Å². The first-order valence-electron chi connectivity index (χ1n) is 5.64. The zero-order chi connectivity index (χ0) is 13.7. The molecule has 0 radical (unpaired) electrons. The van der Waals surface area contributed by atoms with E-state index >= 15 is 0 Å². The van der Waals surface area contributed by atoms with E-state index in [1.165, 1.54) is 4.90 Å². The number of benzene rings is 1. The van der Waals surface area contributed by atoms with Crippen LogP contribution >= 0.6 is 15.9 Å². The summed E-state index contributed by atoms with van der Waals surface area (Å²) in [7, 11) is 3.40. The van der Waals surface area contributed by atoms with Crippen molar-refractivity contribution in [2.45, 2.75) is 13.3 Å². The molecule has 1 aromatic rings. The highest BCUT2D eigenvalue weighted by Gasteiger charge is 2.11. The summed E-state index contributed by atoms with van der Waals surface area (Å²) in [5.74, 6) is -0.143. The van der Waals surface area contributed by atoms with Crippen molar-refractivity contribution in [1.82, 2.24) is 4.90 Å². The van der Waals surface area contributed by atoms with Gasteiger partial charge < -0.3 is 10.2 Å². The van der Waals surface area contributed by atoms with Gasteiger partial charge >= 0.3 is 0 Å². The Kier molecular flexibility index (Phi) is 5.34. The van der Waals surface area contributed by atoms with Crippen LogP contribution in [-0.4, -0.2) is 36.1 Å². The maximum Gasteiger partial charge on any atom is 0.253 e. The third-order valence-electron chi connectivity index (χ3n) is 2.49. The summed E-state index contributed by atoms with van der Waals surface area (Å²) in [6.07, 6.45) is 0.408. The van der Waals surface area contributed by atoms with Crippen LogP contribution in [0.15, 0.2) is 18.2 Å². The fourth-order valence-electron chi connectivity index (χ4n) is 1.45. The summed E-state index contributed by atoms with van der Waals surface area (Å²) in [5.41, 5.74) is 2.20. The average molecular weight is 313 g/mol. The van der Waals surface area contributed by atoms with E-state index in [9.17, 15) is 9.59 Å². The van der Waals surface area contributed by atoms with Gasteiger partial charge in [0.15, 0.2) is 0 Å². The molecule has 0 saturated heterocycles. The first kappa shape index (κ1) is 14.7. The zero-order valence-corrected chi connectivity index (χ0v) is 12.4. The average Bonchev–Trinajstić information content (AvgIpc) is 2.31. The summed E-state index contributed by atoms with van der Waals surface area (Å²) < 4.78 is 0. The molecule has 0 aliphatic carbocycles. The molecule has 0 atom stereocenters. The SMILES string of the molecule is Cc1ccc(C(=O)N(C)C)cc1NC(=O)CCBr. The van der Waals surface area contributed by atoms with Crippen molar-refractivity contribution in [1.29, 1.82) is 0 Å². The lowest BCUT2D eigenvalue weighted by Crippen LogP contribution is -2.22. The molecule has 4 nitrogen and oxygen atoms in total. The molecule has 0 unspecified atom stereocenters. The van der Waals surface area contributed by atoms with E-state index in [1.54, 1.807) is 26.2 Å². The number of rotatable bonds is 4. The lowest BCUT2D eigenvalue weighted by atomic mass is 10.1. The highest BCUT2D eigenvalue weighted by Crippen LogP contribution is 2.18. The van der Waals surface area contributed by atoms with Gasteiger partial charge in [-0.05, 0) is 24.6 Å². The molecule has 0 saturated carbocycles. The van der Waals surface area contributed by atoms with E-state index in [2.05, 4.69) is 21.2 Å². The minimum atomic E-state index is -0.0778. The smallest absolute Gasteiger partial charge is 0.253 e. The van der Waals surface area contributed by atoms with E-state index in [0.29, 0.717) is 23.0 Å². The van der Waals surface area contributed by atoms with Crippen LogP contribution < -0.4 is 5.32 Å². The molecule has 1 aromatic carbocycles. The van der Waals surface area contributed by atoms with Gasteiger partial charge in [0, 0.05) is 37.1 Å². The molecule has 1 rings (SSSR count). The van der Waals surface area contributed by atoms with Crippen molar-refractivity contribution < 1.29 is 9.59 Å². The van der Waals surface area contributed by atoms with Gasteiger partial charge in [-0.1, -0.05) is 22.0 Å². The summed E-state index contributed by atoms with van der Waals surface area (Å²) >= 11 is 3.22. The van der Waals surface area contributed by atoms with Gasteiger partial charge in [0.2, 0.25) is 5.91 Å².